The zero-order valence-electron chi connectivity index (χ0n) is 19.7. The molecule has 7 heteroatoms. The van der Waals surface area contributed by atoms with Crippen LogP contribution < -0.4 is 5.32 Å². The van der Waals surface area contributed by atoms with E-state index in [9.17, 15) is 4.79 Å². The van der Waals surface area contributed by atoms with Gasteiger partial charge in [-0.3, -0.25) is 14.7 Å². The minimum Gasteiger partial charge on any atom is -0.342 e. The molecule has 1 saturated carbocycles. The van der Waals surface area contributed by atoms with Crippen molar-refractivity contribution in [2.24, 2.45) is 0 Å². The number of rotatable bonds is 6. The number of pyridine rings is 1. The topological polar surface area (TPSA) is 74.2 Å². The first-order valence-electron chi connectivity index (χ1n) is 12.0. The summed E-state index contributed by atoms with van der Waals surface area (Å²) in [6.07, 6.45) is 10.1. The summed E-state index contributed by atoms with van der Waals surface area (Å²) in [5.41, 5.74) is 3.91. The normalized spacial score (nSPS) is 18.5. The molecule has 2 aromatic heterocycles. The molecule has 1 N–H and O–H groups in total. The molecule has 1 saturated heterocycles. The maximum Gasteiger partial charge on any atom is 0.236 e. The lowest BCUT2D eigenvalue weighted by Crippen LogP contribution is -2.45. The van der Waals surface area contributed by atoms with Gasteiger partial charge in [0.25, 0.3) is 0 Å². The third-order valence-corrected chi connectivity index (χ3v) is 6.91. The van der Waals surface area contributed by atoms with E-state index < -0.39 is 0 Å². The van der Waals surface area contributed by atoms with E-state index in [2.05, 4.69) is 32.3 Å². The highest BCUT2D eigenvalue weighted by Gasteiger charge is 2.26. The second-order valence-electron chi connectivity index (χ2n) is 9.42. The van der Waals surface area contributed by atoms with Crippen molar-refractivity contribution < 1.29 is 4.79 Å². The molecule has 0 spiro atoms. The van der Waals surface area contributed by atoms with E-state index in [1.54, 1.807) is 0 Å². The number of hydrogen-bond acceptors (Lipinski definition) is 6. The Kier molecular flexibility index (Phi) is 7.35. The maximum atomic E-state index is 12.7. The summed E-state index contributed by atoms with van der Waals surface area (Å²) in [5.74, 6) is 1.33. The van der Waals surface area contributed by atoms with Gasteiger partial charge < -0.3 is 10.2 Å². The van der Waals surface area contributed by atoms with E-state index >= 15 is 0 Å². The Balaban J connectivity index is 1.26. The maximum absolute atomic E-state index is 12.7. The average Bonchev–Trinajstić information content (AvgIpc) is 2.79. The van der Waals surface area contributed by atoms with Crippen molar-refractivity contribution in [1.82, 2.24) is 24.8 Å². The molecule has 2 aromatic rings. The fourth-order valence-electron chi connectivity index (χ4n) is 4.99. The summed E-state index contributed by atoms with van der Waals surface area (Å²) >= 11 is 0. The van der Waals surface area contributed by atoms with Crippen molar-refractivity contribution in [3.05, 3.63) is 41.5 Å². The number of nitrogens with zero attached hydrogens (tertiary/aromatic N) is 5. The lowest BCUT2D eigenvalue weighted by molar-refractivity contribution is -0.134. The number of likely N-dealkylation sites (N-methyl/N-ethyl adjacent to an activating group) is 1. The smallest absolute Gasteiger partial charge is 0.236 e. The van der Waals surface area contributed by atoms with Gasteiger partial charge in [0.1, 0.15) is 0 Å². The summed E-state index contributed by atoms with van der Waals surface area (Å²) in [5, 5.41) is 3.25. The van der Waals surface area contributed by atoms with Crippen molar-refractivity contribution in [2.75, 3.05) is 32.0 Å². The van der Waals surface area contributed by atoms with Gasteiger partial charge in [0.05, 0.1) is 18.4 Å². The van der Waals surface area contributed by atoms with Crippen LogP contribution in [0.3, 0.4) is 0 Å². The predicted octanol–water partition coefficient (Wildman–Crippen LogP) is 4.20. The Morgan fingerprint density at radius 1 is 1.06 bits per heavy atom. The standard InChI is InChI=1S/C25H36N6O/c1-18-15-19(2)28-25(27-18)29-21-9-10-23(26-16-21)20-11-13-31(14-12-20)17-24(32)30(3)22-7-5-4-6-8-22/h9-10,15-16,20,22H,4-8,11-14,17H2,1-3H3,(H,27,28,29). The van der Waals surface area contributed by atoms with Gasteiger partial charge in [-0.05, 0) is 70.8 Å². The van der Waals surface area contributed by atoms with Crippen molar-refractivity contribution in [1.29, 1.82) is 0 Å². The molecule has 172 valence electrons. The van der Waals surface area contributed by atoms with Crippen molar-refractivity contribution >= 4 is 17.5 Å². The number of anilines is 2. The molecule has 0 atom stereocenters. The first-order chi connectivity index (χ1) is 15.5. The molecule has 0 bridgehead atoms. The zero-order chi connectivity index (χ0) is 22.5. The van der Waals surface area contributed by atoms with Gasteiger partial charge in [0, 0.05) is 36.1 Å². The van der Waals surface area contributed by atoms with E-state index in [1.165, 1.54) is 19.3 Å². The Morgan fingerprint density at radius 2 is 1.75 bits per heavy atom. The van der Waals surface area contributed by atoms with E-state index in [0.717, 1.165) is 61.5 Å². The van der Waals surface area contributed by atoms with Gasteiger partial charge in [-0.2, -0.15) is 0 Å². The van der Waals surface area contributed by atoms with E-state index in [-0.39, 0.29) is 5.91 Å². The highest BCUT2D eigenvalue weighted by atomic mass is 16.2. The third-order valence-electron chi connectivity index (χ3n) is 6.91. The van der Waals surface area contributed by atoms with Gasteiger partial charge in [0.2, 0.25) is 11.9 Å². The fraction of sp³-hybridized carbons (Fsp3) is 0.600. The predicted molar refractivity (Wildman–Crippen MR) is 127 cm³/mol. The molecule has 4 rings (SSSR count). The Labute approximate surface area is 191 Å². The quantitative estimate of drug-likeness (QED) is 0.731. The lowest BCUT2D eigenvalue weighted by Gasteiger charge is -2.35. The largest absolute Gasteiger partial charge is 0.342 e. The van der Waals surface area contributed by atoms with E-state index in [0.29, 0.717) is 24.5 Å². The Morgan fingerprint density at radius 3 is 2.38 bits per heavy atom. The number of piperidine rings is 1. The summed E-state index contributed by atoms with van der Waals surface area (Å²) in [7, 11) is 1.99. The van der Waals surface area contributed by atoms with Crippen LogP contribution in [0.25, 0.3) is 0 Å². The Bertz CT molecular complexity index is 881. The zero-order valence-corrected chi connectivity index (χ0v) is 19.7. The van der Waals surface area contributed by atoms with Crippen LogP contribution >= 0.6 is 0 Å². The van der Waals surface area contributed by atoms with Gasteiger partial charge >= 0.3 is 0 Å². The van der Waals surface area contributed by atoms with Crippen molar-refractivity contribution in [3.8, 4) is 0 Å². The number of aryl methyl sites for hydroxylation is 2. The monoisotopic (exact) mass is 436 g/mol. The van der Waals surface area contributed by atoms with Crippen LogP contribution in [0.5, 0.6) is 0 Å². The van der Waals surface area contributed by atoms with E-state index in [4.69, 9.17) is 4.98 Å². The van der Waals surface area contributed by atoms with Crippen molar-refractivity contribution in [3.63, 3.8) is 0 Å². The molecular formula is C25H36N6O. The molecule has 1 aliphatic heterocycles. The number of aromatic nitrogens is 3. The molecular weight excluding hydrogens is 400 g/mol. The van der Waals surface area contributed by atoms with Crippen LogP contribution in [0.2, 0.25) is 0 Å². The van der Waals surface area contributed by atoms with Gasteiger partial charge in [0.15, 0.2) is 0 Å². The first kappa shape index (κ1) is 22.6. The number of likely N-dealkylation sites (tertiary alicyclic amines) is 1. The Hall–Kier alpha value is -2.54. The average molecular weight is 437 g/mol. The minimum absolute atomic E-state index is 0.275. The van der Waals surface area contributed by atoms with Crippen LogP contribution in [0.15, 0.2) is 24.4 Å². The van der Waals surface area contributed by atoms with Gasteiger partial charge in [-0.15, -0.1) is 0 Å². The highest BCUT2D eigenvalue weighted by Crippen LogP contribution is 2.28. The first-order valence-corrected chi connectivity index (χ1v) is 12.0. The molecule has 0 aromatic carbocycles. The molecule has 32 heavy (non-hydrogen) atoms. The van der Waals surface area contributed by atoms with Crippen LogP contribution in [0.1, 0.15) is 67.9 Å². The number of carbonyl (C=O) groups excluding carboxylic acids is 1. The summed E-state index contributed by atoms with van der Waals surface area (Å²) in [6.45, 7) is 6.39. The number of carbonyl (C=O) groups is 1. The third kappa shape index (κ3) is 5.82. The van der Waals surface area contributed by atoms with Crippen LogP contribution in [-0.2, 0) is 4.79 Å². The molecule has 3 heterocycles. The highest BCUT2D eigenvalue weighted by molar-refractivity contribution is 5.78. The number of hydrogen-bond donors (Lipinski definition) is 1. The summed E-state index contributed by atoms with van der Waals surface area (Å²) in [4.78, 5) is 30.6. The second-order valence-corrected chi connectivity index (χ2v) is 9.42. The van der Waals surface area contributed by atoms with Crippen LogP contribution in [0.4, 0.5) is 11.6 Å². The second kappa shape index (κ2) is 10.4. The van der Waals surface area contributed by atoms with E-state index in [1.807, 2.05) is 38.1 Å². The number of nitrogens with one attached hydrogen (secondary N) is 1. The summed E-state index contributed by atoms with van der Waals surface area (Å²) in [6, 6.07) is 6.56. The van der Waals surface area contributed by atoms with Gasteiger partial charge in [-0.1, -0.05) is 19.3 Å². The lowest BCUT2D eigenvalue weighted by atomic mass is 9.92. The molecule has 2 fully saturated rings. The number of amides is 1. The minimum atomic E-state index is 0.275. The van der Waals surface area contributed by atoms with Crippen LogP contribution in [-0.4, -0.2) is 63.4 Å². The molecule has 1 amide bonds. The fourth-order valence-corrected chi connectivity index (χ4v) is 4.99. The van der Waals surface area contributed by atoms with Gasteiger partial charge in [-0.25, -0.2) is 9.97 Å². The molecule has 7 nitrogen and oxygen atoms in total. The molecule has 1 aliphatic carbocycles. The molecule has 2 aliphatic rings. The summed E-state index contributed by atoms with van der Waals surface area (Å²) < 4.78 is 0. The van der Waals surface area contributed by atoms with Crippen molar-refractivity contribution in [2.45, 2.75) is 70.8 Å². The molecule has 0 radical (unpaired) electrons. The SMILES string of the molecule is Cc1cc(C)nc(Nc2ccc(C3CCN(CC(=O)N(C)C4CCCCC4)CC3)nc2)n1. The molecule has 0 unspecified atom stereocenters. The van der Waals surface area contributed by atoms with Crippen LogP contribution in [0, 0.1) is 13.8 Å².